The van der Waals surface area contributed by atoms with Gasteiger partial charge < -0.3 is 9.64 Å². The van der Waals surface area contributed by atoms with Crippen molar-refractivity contribution in [2.45, 2.75) is 82.5 Å². The van der Waals surface area contributed by atoms with Crippen molar-refractivity contribution in [3.63, 3.8) is 0 Å². The van der Waals surface area contributed by atoms with E-state index in [0.717, 1.165) is 35.4 Å². The van der Waals surface area contributed by atoms with Crippen LogP contribution in [0.3, 0.4) is 0 Å². The Kier molecular flexibility index (Phi) is 7.23. The van der Waals surface area contributed by atoms with Crippen LogP contribution in [-0.4, -0.2) is 0 Å². The van der Waals surface area contributed by atoms with Gasteiger partial charge in [-0.3, -0.25) is 0 Å². The van der Waals surface area contributed by atoms with Crippen molar-refractivity contribution in [1.82, 2.24) is 0 Å². The zero-order valence-corrected chi connectivity index (χ0v) is 32.7. The number of anilines is 3. The van der Waals surface area contributed by atoms with Crippen molar-refractivity contribution in [3.05, 3.63) is 162 Å². The molecule has 5 atom stereocenters. The second-order valence-corrected chi connectivity index (χ2v) is 18.8. The number of ether oxygens (including phenoxy) is 1. The molecular weight excluding hydrogens is 667 g/mol. The molecule has 6 aliphatic rings. The fourth-order valence-corrected chi connectivity index (χ4v) is 12.6. The lowest BCUT2D eigenvalue weighted by Gasteiger charge is -2.50. The number of benzene rings is 6. The first-order valence-corrected chi connectivity index (χ1v) is 20.8. The summed E-state index contributed by atoms with van der Waals surface area (Å²) in [5.41, 5.74) is 14.6. The van der Waals surface area contributed by atoms with E-state index in [-0.39, 0.29) is 16.2 Å². The molecule has 1 heterocycles. The van der Waals surface area contributed by atoms with Crippen LogP contribution in [0.15, 0.2) is 140 Å². The van der Waals surface area contributed by atoms with Gasteiger partial charge in [0.25, 0.3) is 0 Å². The van der Waals surface area contributed by atoms with Gasteiger partial charge in [0.1, 0.15) is 11.5 Å². The summed E-state index contributed by atoms with van der Waals surface area (Å²) in [4.78, 5) is 2.54. The van der Waals surface area contributed by atoms with Crippen LogP contribution in [-0.2, 0) is 16.2 Å². The summed E-state index contributed by atoms with van der Waals surface area (Å²) in [6.07, 6.45) is 7.75. The zero-order chi connectivity index (χ0) is 37.1. The van der Waals surface area contributed by atoms with E-state index < -0.39 is 0 Å². The van der Waals surface area contributed by atoms with Crippen LogP contribution >= 0.6 is 0 Å². The fraction of sp³-hybridized carbons (Fsp3) is 0.321. The largest absolute Gasteiger partial charge is 0.457 e. The standard InChI is InChI=1S/C53H51NO/c1-51(2)27-28-52(3,4)50-44(51)18-12-19-46(50)54(40-23-21-36(22-24-40)35-13-7-5-8-14-35)41-25-26-43-48(33-41)55-47-20-11-17-42(37-15-9-6-10-16-37)49(47)53(43)39-30-34-29-38(32-39)45(53)31-34/h5-26,33-34,38-39,45H,27-32H2,1-4H3. The Morgan fingerprint density at radius 3 is 1.98 bits per heavy atom. The smallest absolute Gasteiger partial charge is 0.133 e. The maximum absolute atomic E-state index is 7.24. The molecule has 1 aliphatic heterocycles. The molecule has 6 aromatic carbocycles. The summed E-state index contributed by atoms with van der Waals surface area (Å²) in [6, 6.07) is 52.3. The van der Waals surface area contributed by atoms with Gasteiger partial charge in [-0.1, -0.05) is 131 Å². The van der Waals surface area contributed by atoms with Crippen LogP contribution in [0.4, 0.5) is 17.1 Å². The number of rotatable bonds is 5. The number of hydrogen-bond donors (Lipinski definition) is 0. The van der Waals surface area contributed by atoms with Crippen molar-refractivity contribution < 1.29 is 4.74 Å². The molecule has 12 rings (SSSR count). The molecule has 5 unspecified atom stereocenters. The van der Waals surface area contributed by atoms with Crippen molar-refractivity contribution in [2.24, 2.45) is 23.7 Å². The van der Waals surface area contributed by atoms with Crippen molar-refractivity contribution in [3.8, 4) is 33.8 Å². The lowest BCUT2D eigenvalue weighted by atomic mass is 9.55. The molecule has 0 aromatic heterocycles. The van der Waals surface area contributed by atoms with Gasteiger partial charge in [-0.15, -0.1) is 0 Å². The van der Waals surface area contributed by atoms with Crippen molar-refractivity contribution in [2.75, 3.05) is 4.90 Å². The molecule has 0 radical (unpaired) electrons. The first-order valence-electron chi connectivity index (χ1n) is 20.8. The van der Waals surface area contributed by atoms with Gasteiger partial charge in [0.15, 0.2) is 0 Å². The molecule has 2 nitrogen and oxygen atoms in total. The Morgan fingerprint density at radius 1 is 0.527 bits per heavy atom. The van der Waals surface area contributed by atoms with Gasteiger partial charge in [-0.25, -0.2) is 0 Å². The Balaban J connectivity index is 1.12. The van der Waals surface area contributed by atoms with Crippen LogP contribution < -0.4 is 9.64 Å². The lowest BCUT2D eigenvalue weighted by Crippen LogP contribution is -2.44. The Hall–Kier alpha value is -5.08. The second-order valence-electron chi connectivity index (χ2n) is 18.8. The maximum Gasteiger partial charge on any atom is 0.133 e. The van der Waals surface area contributed by atoms with E-state index in [1.54, 1.807) is 0 Å². The van der Waals surface area contributed by atoms with Gasteiger partial charge in [0.05, 0.1) is 5.69 Å². The molecule has 4 bridgehead atoms. The molecule has 1 spiro atoms. The Labute approximate surface area is 327 Å². The summed E-state index contributed by atoms with van der Waals surface area (Å²) < 4.78 is 7.24. The van der Waals surface area contributed by atoms with E-state index >= 15 is 0 Å². The number of hydrogen-bond acceptors (Lipinski definition) is 2. The highest BCUT2D eigenvalue weighted by Crippen LogP contribution is 2.73. The van der Waals surface area contributed by atoms with E-state index in [2.05, 4.69) is 172 Å². The predicted molar refractivity (Wildman–Crippen MR) is 227 cm³/mol. The van der Waals surface area contributed by atoms with Gasteiger partial charge >= 0.3 is 0 Å². The topological polar surface area (TPSA) is 12.5 Å². The van der Waals surface area contributed by atoms with E-state index in [0.29, 0.717) is 11.8 Å². The third kappa shape index (κ3) is 4.86. The molecule has 4 saturated carbocycles. The van der Waals surface area contributed by atoms with E-state index in [1.165, 1.54) is 88.0 Å². The normalized spacial score (nSPS) is 25.9. The Bertz CT molecular complexity index is 2440. The van der Waals surface area contributed by atoms with Gasteiger partial charge in [-0.05, 0) is 137 Å². The first kappa shape index (κ1) is 33.3. The minimum absolute atomic E-state index is 0.0350. The quantitative estimate of drug-likeness (QED) is 0.176. The molecule has 6 aromatic rings. The average Bonchev–Trinajstić information content (AvgIpc) is 3.62. The number of nitrogens with zero attached hydrogens (tertiary/aromatic N) is 1. The molecule has 55 heavy (non-hydrogen) atoms. The number of fused-ring (bicyclic) bond motifs is 3. The van der Waals surface area contributed by atoms with Crippen molar-refractivity contribution >= 4 is 17.1 Å². The van der Waals surface area contributed by atoms with Crippen molar-refractivity contribution in [1.29, 1.82) is 0 Å². The van der Waals surface area contributed by atoms with Crippen LogP contribution in [0, 0.1) is 23.7 Å². The average molecular weight is 718 g/mol. The first-order chi connectivity index (χ1) is 26.7. The van der Waals surface area contributed by atoms with E-state index in [9.17, 15) is 0 Å². The molecule has 0 amide bonds. The highest BCUT2D eigenvalue weighted by Gasteiger charge is 2.66. The Morgan fingerprint density at radius 2 is 1.22 bits per heavy atom. The third-order valence-corrected chi connectivity index (χ3v) is 14.9. The highest BCUT2D eigenvalue weighted by molar-refractivity contribution is 5.84. The molecule has 4 fully saturated rings. The molecule has 0 N–H and O–H groups in total. The van der Waals surface area contributed by atoms with Crippen LogP contribution in [0.2, 0.25) is 0 Å². The van der Waals surface area contributed by atoms with Crippen LogP contribution in [0.5, 0.6) is 11.5 Å². The molecule has 2 heteroatoms. The summed E-state index contributed by atoms with van der Waals surface area (Å²) in [7, 11) is 0. The molecule has 274 valence electrons. The second kappa shape index (κ2) is 12.0. The highest BCUT2D eigenvalue weighted by atomic mass is 16.5. The molecular formula is C53H51NO. The van der Waals surface area contributed by atoms with Gasteiger partial charge in [0, 0.05) is 34.0 Å². The van der Waals surface area contributed by atoms with Gasteiger partial charge in [-0.2, -0.15) is 0 Å². The molecule has 0 saturated heterocycles. The van der Waals surface area contributed by atoms with Crippen LogP contribution in [0.25, 0.3) is 22.3 Å². The SMILES string of the molecule is CC1(C)CCC(C)(C)c2c(N(c3ccc(-c4ccccc4)cc3)c3ccc4c(c3)Oc3cccc(-c5ccccc5)c3C43C4CC5CC(C4)C3C5)cccc21. The van der Waals surface area contributed by atoms with E-state index in [1.807, 2.05) is 0 Å². The molecule has 5 aliphatic carbocycles. The zero-order valence-electron chi connectivity index (χ0n) is 32.7. The minimum atomic E-state index is -0.0361. The van der Waals surface area contributed by atoms with Crippen LogP contribution in [0.1, 0.15) is 88.5 Å². The predicted octanol–water partition coefficient (Wildman–Crippen LogP) is 14.3. The third-order valence-electron chi connectivity index (χ3n) is 14.9. The lowest BCUT2D eigenvalue weighted by molar-refractivity contribution is 0.174. The monoisotopic (exact) mass is 717 g/mol. The summed E-state index contributed by atoms with van der Waals surface area (Å²) >= 11 is 0. The van der Waals surface area contributed by atoms with E-state index in [4.69, 9.17) is 4.74 Å². The minimum Gasteiger partial charge on any atom is -0.457 e. The summed E-state index contributed by atoms with van der Waals surface area (Å²) in [5, 5.41) is 0. The summed E-state index contributed by atoms with van der Waals surface area (Å²) in [5.74, 6) is 5.06. The summed E-state index contributed by atoms with van der Waals surface area (Å²) in [6.45, 7) is 9.76. The fourth-order valence-electron chi connectivity index (χ4n) is 12.6. The van der Waals surface area contributed by atoms with Gasteiger partial charge in [0.2, 0.25) is 0 Å². The maximum atomic E-state index is 7.24.